The van der Waals surface area contributed by atoms with Crippen LogP contribution >= 0.6 is 0 Å². The van der Waals surface area contributed by atoms with E-state index in [9.17, 15) is 10.1 Å². The van der Waals surface area contributed by atoms with Gasteiger partial charge >= 0.3 is 5.69 Å². The van der Waals surface area contributed by atoms with Crippen molar-refractivity contribution in [3.63, 3.8) is 0 Å². The second-order valence-electron chi connectivity index (χ2n) is 5.44. The second-order valence-corrected chi connectivity index (χ2v) is 5.44. The minimum atomic E-state index is -0.533. The van der Waals surface area contributed by atoms with Crippen molar-refractivity contribution < 1.29 is 14.1 Å². The largest absolute Gasteiger partial charge is 0.495 e. The Kier molecular flexibility index (Phi) is 4.97. The summed E-state index contributed by atoms with van der Waals surface area (Å²) in [6.07, 6.45) is 2.78. The van der Waals surface area contributed by atoms with Gasteiger partial charge in [-0.05, 0) is 36.8 Å². The number of aryl methyl sites for hydroxylation is 1. The lowest BCUT2D eigenvalue weighted by atomic mass is 10.2. The van der Waals surface area contributed by atoms with Crippen molar-refractivity contribution in [3.05, 3.63) is 64.4 Å². The third kappa shape index (κ3) is 3.72. The number of nitrogens with zero attached hydrogens (tertiary/aromatic N) is 3. The molecule has 2 aromatic heterocycles. The molecule has 3 aromatic rings. The van der Waals surface area contributed by atoms with E-state index in [1.54, 1.807) is 18.2 Å². The summed E-state index contributed by atoms with van der Waals surface area (Å²) in [4.78, 5) is 19.1. The number of nitro groups is 1. The van der Waals surface area contributed by atoms with E-state index in [1.165, 1.54) is 19.7 Å². The summed E-state index contributed by atoms with van der Waals surface area (Å²) in [7, 11) is 1.53. The van der Waals surface area contributed by atoms with Gasteiger partial charge in [0.25, 0.3) is 0 Å². The van der Waals surface area contributed by atoms with E-state index in [1.807, 2.05) is 19.1 Å². The standard InChI is InChI=1S/C17H17N5O4/c1-11-5-6-14(25-2)13(8-11)21-17-15(22(23)24)16(19-10-20-17)18-9-12-4-3-7-26-12/h3-8,10H,9H2,1-2H3,(H2,18,19,20,21). The zero-order valence-electron chi connectivity index (χ0n) is 14.2. The first-order chi connectivity index (χ1) is 12.6. The fourth-order valence-electron chi connectivity index (χ4n) is 2.40. The van der Waals surface area contributed by atoms with Crippen molar-refractivity contribution in [1.29, 1.82) is 0 Å². The summed E-state index contributed by atoms with van der Waals surface area (Å²) in [5.41, 5.74) is 1.29. The van der Waals surface area contributed by atoms with Crippen LogP contribution in [0.1, 0.15) is 11.3 Å². The van der Waals surface area contributed by atoms with Crippen molar-refractivity contribution >= 4 is 23.0 Å². The fourth-order valence-corrected chi connectivity index (χ4v) is 2.40. The molecule has 9 nitrogen and oxygen atoms in total. The molecular weight excluding hydrogens is 338 g/mol. The summed E-state index contributed by atoms with van der Waals surface area (Å²) in [5, 5.41) is 17.5. The minimum Gasteiger partial charge on any atom is -0.495 e. The molecule has 0 aliphatic heterocycles. The number of hydrogen-bond acceptors (Lipinski definition) is 8. The molecule has 0 spiro atoms. The maximum Gasteiger partial charge on any atom is 0.353 e. The third-order valence-electron chi connectivity index (χ3n) is 3.62. The van der Waals surface area contributed by atoms with Crippen LogP contribution in [-0.4, -0.2) is 22.0 Å². The highest BCUT2D eigenvalue weighted by Gasteiger charge is 2.24. The van der Waals surface area contributed by atoms with Gasteiger partial charge in [0, 0.05) is 0 Å². The molecule has 1 aromatic carbocycles. The Morgan fingerprint density at radius 1 is 1.27 bits per heavy atom. The van der Waals surface area contributed by atoms with Crippen LogP contribution in [0.15, 0.2) is 47.3 Å². The number of benzene rings is 1. The van der Waals surface area contributed by atoms with Gasteiger partial charge in [-0.2, -0.15) is 0 Å². The lowest BCUT2D eigenvalue weighted by Crippen LogP contribution is -2.08. The number of hydrogen-bond donors (Lipinski definition) is 2. The Morgan fingerprint density at radius 3 is 2.77 bits per heavy atom. The number of nitrogens with one attached hydrogen (secondary N) is 2. The highest BCUT2D eigenvalue weighted by Crippen LogP contribution is 2.34. The lowest BCUT2D eigenvalue weighted by Gasteiger charge is -2.12. The number of aromatic nitrogens is 2. The average molecular weight is 355 g/mol. The zero-order chi connectivity index (χ0) is 18.5. The highest BCUT2D eigenvalue weighted by atomic mass is 16.6. The van der Waals surface area contributed by atoms with E-state index in [2.05, 4.69) is 20.6 Å². The molecule has 134 valence electrons. The van der Waals surface area contributed by atoms with Gasteiger partial charge in [0.05, 0.1) is 30.5 Å². The van der Waals surface area contributed by atoms with Crippen molar-refractivity contribution in [2.75, 3.05) is 17.7 Å². The van der Waals surface area contributed by atoms with Crippen LogP contribution in [0.2, 0.25) is 0 Å². The molecule has 26 heavy (non-hydrogen) atoms. The van der Waals surface area contributed by atoms with Gasteiger partial charge in [0.1, 0.15) is 17.8 Å². The Labute approximate surface area is 149 Å². The van der Waals surface area contributed by atoms with E-state index in [4.69, 9.17) is 9.15 Å². The Morgan fingerprint density at radius 2 is 2.08 bits per heavy atom. The molecule has 3 rings (SSSR count). The van der Waals surface area contributed by atoms with Crippen molar-refractivity contribution in [3.8, 4) is 5.75 Å². The van der Waals surface area contributed by atoms with Crippen molar-refractivity contribution in [2.45, 2.75) is 13.5 Å². The SMILES string of the molecule is COc1ccc(C)cc1Nc1ncnc(NCc2ccco2)c1[N+](=O)[O-]. The zero-order valence-corrected chi connectivity index (χ0v) is 14.2. The summed E-state index contributed by atoms with van der Waals surface area (Å²) >= 11 is 0. The molecule has 0 aliphatic rings. The van der Waals surface area contributed by atoms with E-state index in [0.29, 0.717) is 17.2 Å². The van der Waals surface area contributed by atoms with Crippen LogP contribution in [0.4, 0.5) is 23.0 Å². The van der Waals surface area contributed by atoms with Crippen molar-refractivity contribution in [2.24, 2.45) is 0 Å². The highest BCUT2D eigenvalue weighted by molar-refractivity contribution is 5.76. The van der Waals surface area contributed by atoms with Gasteiger partial charge in [-0.15, -0.1) is 0 Å². The van der Waals surface area contributed by atoms with Gasteiger partial charge < -0.3 is 19.8 Å². The molecule has 0 saturated carbocycles. The fraction of sp³-hybridized carbons (Fsp3) is 0.176. The molecule has 0 atom stereocenters. The maximum absolute atomic E-state index is 11.6. The van der Waals surface area contributed by atoms with E-state index < -0.39 is 4.92 Å². The first kappa shape index (κ1) is 17.2. The Balaban J connectivity index is 1.93. The first-order valence-corrected chi connectivity index (χ1v) is 7.76. The predicted octanol–water partition coefficient (Wildman–Crippen LogP) is 3.65. The van der Waals surface area contributed by atoms with E-state index >= 15 is 0 Å². The Hall–Kier alpha value is -3.62. The molecule has 0 bridgehead atoms. The quantitative estimate of drug-likeness (QED) is 0.487. The van der Waals surface area contributed by atoms with Crippen LogP contribution in [0.3, 0.4) is 0 Å². The molecular formula is C17H17N5O4. The van der Waals surface area contributed by atoms with Gasteiger partial charge in [-0.3, -0.25) is 10.1 Å². The lowest BCUT2D eigenvalue weighted by molar-refractivity contribution is -0.383. The molecule has 2 N–H and O–H groups in total. The smallest absolute Gasteiger partial charge is 0.353 e. The average Bonchev–Trinajstić information content (AvgIpc) is 3.13. The van der Waals surface area contributed by atoms with Crippen LogP contribution in [0.25, 0.3) is 0 Å². The molecule has 0 unspecified atom stereocenters. The molecule has 0 aliphatic carbocycles. The summed E-state index contributed by atoms with van der Waals surface area (Å²) in [6, 6.07) is 8.98. The molecule has 9 heteroatoms. The number of rotatable bonds is 7. The molecule has 0 saturated heterocycles. The van der Waals surface area contributed by atoms with Gasteiger partial charge in [-0.1, -0.05) is 6.07 Å². The number of furan rings is 1. The van der Waals surface area contributed by atoms with Crippen LogP contribution in [-0.2, 0) is 6.54 Å². The molecule has 0 fully saturated rings. The second kappa shape index (κ2) is 7.51. The van der Waals surface area contributed by atoms with E-state index in [-0.39, 0.29) is 23.9 Å². The van der Waals surface area contributed by atoms with Gasteiger partial charge in [0.2, 0.25) is 11.6 Å². The first-order valence-electron chi connectivity index (χ1n) is 7.76. The number of methoxy groups -OCH3 is 1. The number of ether oxygens (including phenoxy) is 1. The summed E-state index contributed by atoms with van der Waals surface area (Å²) < 4.78 is 10.5. The normalized spacial score (nSPS) is 10.4. The predicted molar refractivity (Wildman–Crippen MR) is 95.7 cm³/mol. The minimum absolute atomic E-state index is 0.0656. The molecule has 0 radical (unpaired) electrons. The third-order valence-corrected chi connectivity index (χ3v) is 3.62. The molecule has 2 heterocycles. The molecule has 0 amide bonds. The summed E-state index contributed by atoms with van der Waals surface area (Å²) in [5.74, 6) is 1.34. The van der Waals surface area contributed by atoms with Crippen LogP contribution in [0.5, 0.6) is 5.75 Å². The number of anilines is 3. The Bertz CT molecular complexity index is 912. The van der Waals surface area contributed by atoms with Gasteiger partial charge in [0.15, 0.2) is 0 Å². The van der Waals surface area contributed by atoms with E-state index in [0.717, 1.165) is 5.56 Å². The van der Waals surface area contributed by atoms with Crippen LogP contribution in [0, 0.1) is 17.0 Å². The monoisotopic (exact) mass is 355 g/mol. The topological polar surface area (TPSA) is 115 Å². The van der Waals surface area contributed by atoms with Crippen molar-refractivity contribution in [1.82, 2.24) is 9.97 Å². The maximum atomic E-state index is 11.6. The van der Waals surface area contributed by atoms with Gasteiger partial charge in [-0.25, -0.2) is 9.97 Å². The van der Waals surface area contributed by atoms with Crippen LogP contribution < -0.4 is 15.4 Å². The summed E-state index contributed by atoms with van der Waals surface area (Å²) in [6.45, 7) is 2.17.